The van der Waals surface area contributed by atoms with E-state index in [1.807, 2.05) is 13.2 Å². The van der Waals surface area contributed by atoms with Crippen LogP contribution in [0.2, 0.25) is 0 Å². The lowest BCUT2D eigenvalue weighted by Crippen LogP contribution is -1.98. The molecule has 0 unspecified atom stereocenters. The average Bonchev–Trinajstić information content (AvgIpc) is 2.77. The summed E-state index contributed by atoms with van der Waals surface area (Å²) in [6.45, 7) is 0.563. The average molecular weight is 256 g/mol. The van der Waals surface area contributed by atoms with E-state index in [0.29, 0.717) is 12.2 Å². The standard InChI is InChI=1S/C13H12N4O2/c1-16-9-10(6-13(16)7-14)8-15-11-2-4-12(5-3-11)17(18)19/h2-6,9,15H,8H2,1H3. The zero-order valence-corrected chi connectivity index (χ0v) is 10.3. The number of aromatic nitrogens is 1. The molecule has 0 spiro atoms. The van der Waals surface area contributed by atoms with Gasteiger partial charge in [-0.15, -0.1) is 0 Å². The Morgan fingerprint density at radius 3 is 2.63 bits per heavy atom. The third-order valence-corrected chi connectivity index (χ3v) is 2.75. The van der Waals surface area contributed by atoms with Crippen LogP contribution in [0, 0.1) is 21.4 Å². The number of non-ortho nitro benzene ring substituents is 1. The molecule has 1 N–H and O–H groups in total. The van der Waals surface area contributed by atoms with Gasteiger partial charge in [-0.1, -0.05) is 0 Å². The first-order valence-electron chi connectivity index (χ1n) is 5.64. The number of hydrogen-bond acceptors (Lipinski definition) is 4. The lowest BCUT2D eigenvalue weighted by molar-refractivity contribution is -0.384. The van der Waals surface area contributed by atoms with Crippen LogP contribution in [0.1, 0.15) is 11.3 Å². The molecular weight excluding hydrogens is 244 g/mol. The summed E-state index contributed by atoms with van der Waals surface area (Å²) in [5.74, 6) is 0. The Morgan fingerprint density at radius 2 is 2.11 bits per heavy atom. The van der Waals surface area contributed by atoms with Crippen LogP contribution in [0.15, 0.2) is 36.5 Å². The third-order valence-electron chi connectivity index (χ3n) is 2.75. The summed E-state index contributed by atoms with van der Waals surface area (Å²) in [5.41, 5.74) is 2.45. The third kappa shape index (κ3) is 2.90. The predicted molar refractivity (Wildman–Crippen MR) is 70.6 cm³/mol. The molecule has 19 heavy (non-hydrogen) atoms. The van der Waals surface area contributed by atoms with Gasteiger partial charge >= 0.3 is 0 Å². The predicted octanol–water partition coefficient (Wildman–Crippen LogP) is 2.42. The van der Waals surface area contributed by atoms with Crippen molar-refractivity contribution in [1.82, 2.24) is 4.57 Å². The zero-order valence-electron chi connectivity index (χ0n) is 10.3. The molecule has 0 aliphatic heterocycles. The Morgan fingerprint density at radius 1 is 1.42 bits per heavy atom. The number of nitro groups is 1. The van der Waals surface area contributed by atoms with Crippen LogP contribution in [-0.4, -0.2) is 9.49 Å². The second-order valence-electron chi connectivity index (χ2n) is 4.11. The Balaban J connectivity index is 2.02. The lowest BCUT2D eigenvalue weighted by Gasteiger charge is -2.04. The van der Waals surface area contributed by atoms with Crippen molar-refractivity contribution in [2.75, 3.05) is 5.32 Å². The smallest absolute Gasteiger partial charge is 0.269 e. The van der Waals surface area contributed by atoms with E-state index in [4.69, 9.17) is 5.26 Å². The van der Waals surface area contributed by atoms with Gasteiger partial charge in [0.25, 0.3) is 5.69 Å². The maximum absolute atomic E-state index is 10.5. The van der Waals surface area contributed by atoms with Crippen LogP contribution < -0.4 is 5.32 Å². The van der Waals surface area contributed by atoms with E-state index >= 15 is 0 Å². The summed E-state index contributed by atoms with van der Waals surface area (Å²) < 4.78 is 1.76. The topological polar surface area (TPSA) is 83.9 Å². The number of benzene rings is 1. The molecule has 0 saturated heterocycles. The van der Waals surface area contributed by atoms with Crippen molar-refractivity contribution in [3.05, 3.63) is 57.9 Å². The van der Waals surface area contributed by atoms with Crippen molar-refractivity contribution >= 4 is 11.4 Å². The number of nitrogens with one attached hydrogen (secondary N) is 1. The van der Waals surface area contributed by atoms with Crippen LogP contribution in [0.4, 0.5) is 11.4 Å². The first-order valence-corrected chi connectivity index (χ1v) is 5.64. The summed E-state index contributed by atoms with van der Waals surface area (Å²) in [7, 11) is 1.81. The largest absolute Gasteiger partial charge is 0.381 e. The summed E-state index contributed by atoms with van der Waals surface area (Å²) in [5, 5.41) is 22.5. The zero-order chi connectivity index (χ0) is 13.8. The lowest BCUT2D eigenvalue weighted by atomic mass is 10.2. The minimum Gasteiger partial charge on any atom is -0.381 e. The molecule has 6 heteroatoms. The van der Waals surface area contributed by atoms with E-state index in [2.05, 4.69) is 11.4 Å². The fourth-order valence-electron chi connectivity index (χ4n) is 1.75. The van der Waals surface area contributed by atoms with E-state index in [9.17, 15) is 10.1 Å². The van der Waals surface area contributed by atoms with Crippen molar-refractivity contribution < 1.29 is 4.92 Å². The highest BCUT2D eigenvalue weighted by Crippen LogP contribution is 2.16. The fraction of sp³-hybridized carbons (Fsp3) is 0.154. The molecule has 1 aromatic heterocycles. The Labute approximate surface area is 110 Å². The van der Waals surface area contributed by atoms with Gasteiger partial charge < -0.3 is 9.88 Å². The van der Waals surface area contributed by atoms with Gasteiger partial charge in [0, 0.05) is 37.6 Å². The van der Waals surface area contributed by atoms with E-state index in [1.165, 1.54) is 12.1 Å². The Hall–Kier alpha value is -2.81. The summed E-state index contributed by atoms with van der Waals surface area (Å²) in [6.07, 6.45) is 1.87. The monoisotopic (exact) mass is 256 g/mol. The molecule has 0 bridgehead atoms. The van der Waals surface area contributed by atoms with Crippen molar-refractivity contribution in [1.29, 1.82) is 5.26 Å². The molecule has 1 aromatic carbocycles. The Kier molecular flexibility index (Phi) is 3.48. The minimum atomic E-state index is -0.430. The number of rotatable bonds is 4. The molecule has 6 nitrogen and oxygen atoms in total. The van der Waals surface area contributed by atoms with Crippen LogP contribution in [0.5, 0.6) is 0 Å². The van der Waals surface area contributed by atoms with Gasteiger partial charge in [0.05, 0.1) is 4.92 Å². The molecular formula is C13H12N4O2. The summed E-state index contributed by atoms with van der Waals surface area (Å²) in [6, 6.07) is 10.1. The molecule has 1 heterocycles. The SMILES string of the molecule is Cn1cc(CNc2ccc([N+](=O)[O-])cc2)cc1C#N. The first kappa shape index (κ1) is 12.6. The number of nitrogens with zero attached hydrogens (tertiary/aromatic N) is 3. The van der Waals surface area contributed by atoms with Crippen LogP contribution in [-0.2, 0) is 13.6 Å². The summed E-state index contributed by atoms with van der Waals surface area (Å²) in [4.78, 5) is 10.1. The highest BCUT2D eigenvalue weighted by atomic mass is 16.6. The van der Waals surface area contributed by atoms with Gasteiger partial charge in [-0.2, -0.15) is 5.26 Å². The molecule has 0 aliphatic rings. The van der Waals surface area contributed by atoms with Crippen molar-refractivity contribution in [2.24, 2.45) is 7.05 Å². The molecule has 0 aliphatic carbocycles. The first-order chi connectivity index (χ1) is 9.10. The number of hydrogen-bond donors (Lipinski definition) is 1. The minimum absolute atomic E-state index is 0.0667. The summed E-state index contributed by atoms with van der Waals surface area (Å²) >= 11 is 0. The molecule has 2 aromatic rings. The van der Waals surface area contributed by atoms with Gasteiger partial charge in [-0.25, -0.2) is 0 Å². The van der Waals surface area contributed by atoms with Crippen LogP contribution in [0.25, 0.3) is 0 Å². The van der Waals surface area contributed by atoms with Gasteiger partial charge in [0.2, 0.25) is 0 Å². The van der Waals surface area contributed by atoms with Gasteiger partial charge in [-0.05, 0) is 23.8 Å². The molecule has 0 atom stereocenters. The molecule has 0 amide bonds. The van der Waals surface area contributed by atoms with Crippen LogP contribution in [0.3, 0.4) is 0 Å². The number of anilines is 1. The Bertz CT molecular complexity index is 638. The molecule has 0 fully saturated rings. The van der Waals surface area contributed by atoms with Crippen LogP contribution >= 0.6 is 0 Å². The molecule has 0 saturated carbocycles. The van der Waals surface area contributed by atoms with E-state index in [-0.39, 0.29) is 5.69 Å². The highest BCUT2D eigenvalue weighted by Gasteiger charge is 2.05. The second kappa shape index (κ2) is 5.23. The van der Waals surface area contributed by atoms with E-state index in [0.717, 1.165) is 11.3 Å². The molecule has 0 radical (unpaired) electrons. The van der Waals surface area contributed by atoms with Crippen molar-refractivity contribution in [3.63, 3.8) is 0 Å². The van der Waals surface area contributed by atoms with Gasteiger partial charge in [0.15, 0.2) is 0 Å². The highest BCUT2D eigenvalue weighted by molar-refractivity contribution is 5.49. The van der Waals surface area contributed by atoms with Crippen molar-refractivity contribution in [2.45, 2.75) is 6.54 Å². The number of nitro benzene ring substituents is 1. The van der Waals surface area contributed by atoms with E-state index < -0.39 is 4.92 Å². The quantitative estimate of drug-likeness (QED) is 0.672. The normalized spacial score (nSPS) is 9.89. The maximum atomic E-state index is 10.5. The molecule has 2 rings (SSSR count). The maximum Gasteiger partial charge on any atom is 0.269 e. The fourth-order valence-corrected chi connectivity index (χ4v) is 1.75. The number of nitriles is 1. The van der Waals surface area contributed by atoms with E-state index in [1.54, 1.807) is 22.8 Å². The second-order valence-corrected chi connectivity index (χ2v) is 4.11. The molecule has 96 valence electrons. The van der Waals surface area contributed by atoms with Crippen molar-refractivity contribution in [3.8, 4) is 6.07 Å². The van der Waals surface area contributed by atoms with Gasteiger partial charge in [-0.3, -0.25) is 10.1 Å². The number of aryl methyl sites for hydroxylation is 1. The van der Waals surface area contributed by atoms with Gasteiger partial charge in [0.1, 0.15) is 11.8 Å².